The molecule has 2 nitrogen and oxygen atoms in total. The fraction of sp³-hybridized carbons (Fsp3) is 0.0323. The van der Waals surface area contributed by atoms with Crippen LogP contribution in [0.1, 0.15) is 5.56 Å². The van der Waals surface area contributed by atoms with Gasteiger partial charge in [-0.1, -0.05) is 103 Å². The van der Waals surface area contributed by atoms with Crippen LogP contribution in [-0.2, 0) is 6.42 Å². The fourth-order valence-corrected chi connectivity index (χ4v) is 4.43. The Balaban J connectivity index is 1.54. The zero-order valence-electron chi connectivity index (χ0n) is 19.1. The minimum absolute atomic E-state index is 0.0104. The number of hydrogen-bond donors (Lipinski definition) is 1. The number of rotatable bonds is 4. The van der Waals surface area contributed by atoms with Crippen LogP contribution in [0.15, 0.2) is 134 Å². The van der Waals surface area contributed by atoms with E-state index < -0.39 is 0 Å². The molecule has 4 aromatic rings. The molecule has 0 aliphatic carbocycles. The lowest BCUT2D eigenvalue weighted by molar-refractivity contribution is 0.615. The summed E-state index contributed by atoms with van der Waals surface area (Å²) in [4.78, 5) is 2.21. The number of para-hydroxylation sites is 1. The summed E-state index contributed by atoms with van der Waals surface area (Å²) in [6.07, 6.45) is 9.21. The van der Waals surface area contributed by atoms with E-state index in [-0.39, 0.29) is 7.48 Å². The molecule has 0 bridgehead atoms. The van der Waals surface area contributed by atoms with E-state index in [1.54, 1.807) is 0 Å². The summed E-state index contributed by atoms with van der Waals surface area (Å²) in [5.41, 5.74) is 9.73. The third-order valence-corrected chi connectivity index (χ3v) is 6.13. The Hall–Kier alpha value is -4.08. The molecule has 1 heterocycles. The van der Waals surface area contributed by atoms with Crippen molar-refractivity contribution < 1.29 is 5.02 Å². The van der Waals surface area contributed by atoms with Gasteiger partial charge in [-0.25, -0.2) is 0 Å². The second-order valence-electron chi connectivity index (χ2n) is 8.44. The Morgan fingerprint density at radius 1 is 0.706 bits per heavy atom. The molecule has 5 rings (SSSR count). The number of hydrogen-bond acceptors (Lipinski definition) is 2. The van der Waals surface area contributed by atoms with Crippen LogP contribution in [0.2, 0.25) is 0 Å². The quantitative estimate of drug-likeness (QED) is 0.377. The zero-order valence-corrected chi connectivity index (χ0v) is 19.1. The maximum atomic E-state index is 9.86. The van der Waals surface area contributed by atoms with Crippen molar-refractivity contribution in [1.82, 2.24) is 0 Å². The number of nitrogens with zero attached hydrogens (tertiary/aromatic N) is 1. The van der Waals surface area contributed by atoms with Gasteiger partial charge < -0.3 is 9.92 Å². The van der Waals surface area contributed by atoms with Gasteiger partial charge in [-0.15, -0.1) is 0 Å². The van der Waals surface area contributed by atoms with E-state index in [0.717, 1.165) is 51.2 Å². The minimum Gasteiger partial charge on any atom is -0.449 e. The Bertz CT molecular complexity index is 1370. The first-order chi connectivity index (χ1) is 16.7. The van der Waals surface area contributed by atoms with Gasteiger partial charge in [0, 0.05) is 17.1 Å². The highest BCUT2D eigenvalue weighted by Gasteiger charge is 2.16. The number of benzene rings is 4. The van der Waals surface area contributed by atoms with E-state index in [0.29, 0.717) is 0 Å². The molecular weight excluding hydrogens is 413 g/mol. The molecule has 0 radical (unpaired) electrons. The first kappa shape index (κ1) is 21.8. The van der Waals surface area contributed by atoms with Crippen molar-refractivity contribution in [2.45, 2.75) is 6.42 Å². The van der Waals surface area contributed by atoms with Crippen LogP contribution in [0.25, 0.3) is 22.3 Å². The van der Waals surface area contributed by atoms with E-state index in [4.69, 9.17) is 0 Å². The molecule has 3 heteroatoms. The second kappa shape index (κ2) is 9.82. The predicted octanol–water partition coefficient (Wildman–Crippen LogP) is 6.31. The Morgan fingerprint density at radius 2 is 1.38 bits per heavy atom. The van der Waals surface area contributed by atoms with Gasteiger partial charge in [-0.2, -0.15) is 0 Å². The van der Waals surface area contributed by atoms with Crippen molar-refractivity contribution in [2.24, 2.45) is 0 Å². The topological polar surface area (TPSA) is 23.5 Å². The third-order valence-electron chi connectivity index (χ3n) is 6.13. The van der Waals surface area contributed by atoms with Crippen LogP contribution in [0.3, 0.4) is 0 Å². The van der Waals surface area contributed by atoms with Crippen molar-refractivity contribution in [3.8, 4) is 22.3 Å². The maximum Gasteiger partial charge on any atom is 0.304 e. The van der Waals surface area contributed by atoms with Gasteiger partial charge in [0.15, 0.2) is 0 Å². The van der Waals surface area contributed by atoms with Crippen LogP contribution in [0, 0.1) is 0 Å². The number of allylic oxidation sites excluding steroid dienone is 4. The molecule has 0 amide bonds. The third kappa shape index (κ3) is 4.52. The summed E-state index contributed by atoms with van der Waals surface area (Å²) in [7, 11) is 0.0104. The molecule has 0 atom stereocenters. The van der Waals surface area contributed by atoms with Crippen molar-refractivity contribution in [3.05, 3.63) is 139 Å². The van der Waals surface area contributed by atoms with Gasteiger partial charge in [0.05, 0.1) is 0 Å². The van der Waals surface area contributed by atoms with E-state index in [2.05, 4.69) is 102 Å². The first-order valence-electron chi connectivity index (χ1n) is 11.5. The second-order valence-corrected chi connectivity index (χ2v) is 8.44. The monoisotopic (exact) mass is 439 g/mol. The summed E-state index contributed by atoms with van der Waals surface area (Å²) in [5, 5.41) is 9.86. The van der Waals surface area contributed by atoms with Gasteiger partial charge in [-0.3, -0.25) is 0 Å². The highest BCUT2D eigenvalue weighted by molar-refractivity contribution is 6.45. The summed E-state index contributed by atoms with van der Waals surface area (Å²) in [6, 6.07) is 33.6. The van der Waals surface area contributed by atoms with Gasteiger partial charge in [0.2, 0.25) is 0 Å². The Kier molecular flexibility index (Phi) is 6.28. The SMILES string of the molecule is C=C1/C=C\C=C/Cc2ccccc2N1c1ccc(-c2cc(BO)cc(-c3ccccc3)c2)cc1. The van der Waals surface area contributed by atoms with Crippen LogP contribution < -0.4 is 10.4 Å². The molecule has 164 valence electrons. The molecular formula is C31H26BNO. The van der Waals surface area contributed by atoms with Crippen molar-refractivity contribution in [3.63, 3.8) is 0 Å². The van der Waals surface area contributed by atoms with Gasteiger partial charge in [-0.05, 0) is 64.6 Å². The fourth-order valence-electron chi connectivity index (χ4n) is 4.43. The molecule has 34 heavy (non-hydrogen) atoms. The van der Waals surface area contributed by atoms with E-state index in [9.17, 15) is 5.02 Å². The van der Waals surface area contributed by atoms with E-state index in [1.807, 2.05) is 30.4 Å². The molecule has 1 aliphatic rings. The highest BCUT2D eigenvalue weighted by atomic mass is 16.2. The van der Waals surface area contributed by atoms with Gasteiger partial charge in [0.1, 0.15) is 0 Å². The molecule has 0 unspecified atom stereocenters. The lowest BCUT2D eigenvalue weighted by atomic mass is 9.83. The molecule has 1 N–H and O–H groups in total. The summed E-state index contributed by atoms with van der Waals surface area (Å²) >= 11 is 0. The van der Waals surface area contributed by atoms with Crippen LogP contribution in [-0.4, -0.2) is 12.5 Å². The lowest BCUT2D eigenvalue weighted by Gasteiger charge is -2.27. The summed E-state index contributed by atoms with van der Waals surface area (Å²) in [5.74, 6) is 0. The van der Waals surface area contributed by atoms with Crippen molar-refractivity contribution in [1.29, 1.82) is 0 Å². The van der Waals surface area contributed by atoms with Crippen molar-refractivity contribution in [2.75, 3.05) is 4.90 Å². The standard InChI is InChI=1S/C31H26BNO/c1-23-10-4-2-7-13-26-14-8-9-15-31(26)33(23)30-18-16-25(17-19-30)28-20-27(21-29(22-28)32-34)24-11-5-3-6-12-24/h2-12,14-22,32,34H,1,13H2/b7-2-,10-4-. The number of anilines is 2. The van der Waals surface area contributed by atoms with Crippen LogP contribution in [0.4, 0.5) is 11.4 Å². The molecule has 4 aromatic carbocycles. The average Bonchev–Trinajstić information content (AvgIpc) is 2.97. The summed E-state index contributed by atoms with van der Waals surface area (Å²) < 4.78 is 0. The van der Waals surface area contributed by atoms with Crippen LogP contribution in [0.5, 0.6) is 0 Å². The molecule has 0 aromatic heterocycles. The van der Waals surface area contributed by atoms with Crippen molar-refractivity contribution >= 4 is 24.3 Å². The van der Waals surface area contributed by atoms with E-state index >= 15 is 0 Å². The molecule has 1 aliphatic heterocycles. The van der Waals surface area contributed by atoms with Gasteiger partial charge >= 0.3 is 7.48 Å². The highest BCUT2D eigenvalue weighted by Crippen LogP contribution is 2.35. The summed E-state index contributed by atoms with van der Waals surface area (Å²) in [6.45, 7) is 4.34. The Morgan fingerprint density at radius 3 is 2.12 bits per heavy atom. The zero-order chi connectivity index (χ0) is 23.3. The van der Waals surface area contributed by atoms with Crippen LogP contribution >= 0.6 is 0 Å². The van der Waals surface area contributed by atoms with Gasteiger partial charge in [0.25, 0.3) is 0 Å². The Labute approximate surface area is 202 Å². The molecule has 0 spiro atoms. The maximum absolute atomic E-state index is 9.86. The predicted molar refractivity (Wildman–Crippen MR) is 146 cm³/mol. The largest absolute Gasteiger partial charge is 0.449 e. The minimum atomic E-state index is 0.0104. The molecule has 0 fully saturated rings. The molecule has 0 saturated carbocycles. The smallest absolute Gasteiger partial charge is 0.304 e. The molecule has 0 saturated heterocycles. The average molecular weight is 439 g/mol. The van der Waals surface area contributed by atoms with E-state index in [1.165, 1.54) is 5.56 Å². The lowest BCUT2D eigenvalue weighted by Crippen LogP contribution is -2.16. The first-order valence-corrected chi connectivity index (χ1v) is 11.5. The normalized spacial score (nSPS) is 15.0. The number of fused-ring (bicyclic) bond motifs is 1.